The Hall–Kier alpha value is -2.16. The Kier molecular flexibility index (Phi) is 27.6. The highest BCUT2D eigenvalue weighted by Gasteiger charge is 2.43. The van der Waals surface area contributed by atoms with Crippen LogP contribution in [0, 0.1) is 0 Å². The quantitative estimate of drug-likeness (QED) is 0.0408. The van der Waals surface area contributed by atoms with Crippen molar-refractivity contribution in [3.05, 3.63) is 95.1 Å². The van der Waals surface area contributed by atoms with Crippen LogP contribution in [-0.4, -0.2) is 13.2 Å². The van der Waals surface area contributed by atoms with Crippen molar-refractivity contribution in [3.63, 3.8) is 0 Å². The maximum Gasteiger partial charge on any atom is 0.201 e. The number of hydrogen-bond donors (Lipinski definition) is 0. The van der Waals surface area contributed by atoms with E-state index in [4.69, 9.17) is 9.47 Å². The zero-order valence-corrected chi connectivity index (χ0v) is 34.9. The zero-order valence-electron chi connectivity index (χ0n) is 34.9. The van der Waals surface area contributed by atoms with E-state index in [0.717, 1.165) is 32.5 Å². The summed E-state index contributed by atoms with van der Waals surface area (Å²) < 4.78 is 14.4. The molecule has 2 rings (SSSR count). The van der Waals surface area contributed by atoms with Gasteiger partial charge in [-0.1, -0.05) is 206 Å². The smallest absolute Gasteiger partial charge is 0.201 e. The minimum absolute atomic E-state index is 0.153. The Morgan fingerprint density at radius 3 is 1.31 bits per heavy atom. The molecule has 0 aliphatic carbocycles. The number of hydrogen-bond acceptors (Lipinski definition) is 2. The molecule has 2 aromatic rings. The van der Waals surface area contributed by atoms with Crippen molar-refractivity contribution < 1.29 is 9.47 Å². The van der Waals surface area contributed by atoms with E-state index < -0.39 is 5.79 Å². The van der Waals surface area contributed by atoms with Gasteiger partial charge < -0.3 is 9.47 Å². The van der Waals surface area contributed by atoms with E-state index in [1.807, 2.05) is 0 Å². The minimum atomic E-state index is -0.775. The fourth-order valence-electron chi connectivity index (χ4n) is 7.51. The molecule has 0 fully saturated rings. The molecule has 0 N–H and O–H groups in total. The minimum Gasteiger partial charge on any atom is -0.345 e. The van der Waals surface area contributed by atoms with Crippen LogP contribution in [0.1, 0.15) is 212 Å². The monoisotopic (exact) mass is 715 g/mol. The van der Waals surface area contributed by atoms with Crippen molar-refractivity contribution in [2.75, 3.05) is 13.2 Å². The topological polar surface area (TPSA) is 18.5 Å². The molecule has 0 saturated heterocycles. The summed E-state index contributed by atoms with van der Waals surface area (Å²) in [6.45, 7) is 12.6. The van der Waals surface area contributed by atoms with Gasteiger partial charge in [-0.3, -0.25) is 0 Å². The van der Waals surface area contributed by atoms with Crippen LogP contribution in [0.15, 0.2) is 84.0 Å². The molecule has 294 valence electrons. The molecule has 52 heavy (non-hydrogen) atoms. The Balaban J connectivity index is 2.05. The summed E-state index contributed by atoms with van der Waals surface area (Å²) in [6.07, 6.45) is 36.8. The van der Waals surface area contributed by atoms with Crippen molar-refractivity contribution in [2.24, 2.45) is 0 Å². The number of ether oxygens (including phenoxy) is 2. The third-order valence-corrected chi connectivity index (χ3v) is 10.6. The molecule has 2 nitrogen and oxygen atoms in total. The van der Waals surface area contributed by atoms with E-state index >= 15 is 0 Å². The highest BCUT2D eigenvalue weighted by molar-refractivity contribution is 5.30. The van der Waals surface area contributed by atoms with Gasteiger partial charge in [-0.25, -0.2) is 0 Å². The molecule has 2 aromatic carbocycles. The third kappa shape index (κ3) is 21.5. The molecule has 0 bridgehead atoms. The average molecular weight is 715 g/mol. The summed E-state index contributed by atoms with van der Waals surface area (Å²) in [5, 5.41) is 0. The van der Waals surface area contributed by atoms with Gasteiger partial charge in [-0.15, -0.1) is 0 Å². The Bertz CT molecular complexity index is 1090. The van der Waals surface area contributed by atoms with Gasteiger partial charge in [0.2, 0.25) is 5.79 Å². The predicted molar refractivity (Wildman–Crippen MR) is 229 cm³/mol. The summed E-state index contributed by atoms with van der Waals surface area (Å²) in [5.41, 5.74) is 5.41. The number of rotatable bonds is 34. The molecular formula is C50H82O2. The predicted octanol–water partition coefficient (Wildman–Crippen LogP) is 16.4. The standard InChI is InChI=1S/C50H82O2/c1-6-7-8-9-22-33-42-49(47-38-29-25-30-39-47)50(48-40-31-26-32-41-48,51-43-34-23-18-14-10-12-16-20-27-36-45(2)3)52-44-35-24-19-15-11-13-17-21-28-37-46(4)5/h25-26,29-32,36-41,49H,6-24,27-28,33-35,42-44H2,1-5H3. The largest absolute Gasteiger partial charge is 0.345 e. The Morgan fingerprint density at radius 1 is 0.481 bits per heavy atom. The lowest BCUT2D eigenvalue weighted by Gasteiger charge is -2.41. The van der Waals surface area contributed by atoms with E-state index in [0.29, 0.717) is 0 Å². The average Bonchev–Trinajstić information content (AvgIpc) is 3.15. The van der Waals surface area contributed by atoms with E-state index in [9.17, 15) is 0 Å². The van der Waals surface area contributed by atoms with Crippen LogP contribution >= 0.6 is 0 Å². The van der Waals surface area contributed by atoms with Gasteiger partial charge in [0.15, 0.2) is 0 Å². The lowest BCUT2D eigenvalue weighted by Crippen LogP contribution is -2.40. The molecule has 0 aliphatic rings. The first-order chi connectivity index (χ1) is 25.5. The first kappa shape index (κ1) is 46.0. The molecule has 1 atom stereocenters. The van der Waals surface area contributed by atoms with Crippen LogP contribution in [0.3, 0.4) is 0 Å². The molecule has 0 aromatic heterocycles. The SMILES string of the molecule is CCCCCCCCC(c1ccccc1)C(OCCCCCCCCCCC=C(C)C)(OCCCCCCCCCCC=C(C)C)c1ccccc1. The number of benzene rings is 2. The highest BCUT2D eigenvalue weighted by atomic mass is 16.7. The molecular weight excluding hydrogens is 633 g/mol. The summed E-state index contributed by atoms with van der Waals surface area (Å²) in [4.78, 5) is 0. The van der Waals surface area contributed by atoms with Gasteiger partial charge in [-0.05, 0) is 78.2 Å². The highest BCUT2D eigenvalue weighted by Crippen LogP contribution is 2.45. The van der Waals surface area contributed by atoms with Crippen molar-refractivity contribution in [1.82, 2.24) is 0 Å². The van der Waals surface area contributed by atoms with Gasteiger partial charge in [0.1, 0.15) is 0 Å². The van der Waals surface area contributed by atoms with E-state index in [2.05, 4.69) is 107 Å². The molecule has 0 spiro atoms. The van der Waals surface area contributed by atoms with Crippen LogP contribution in [0.4, 0.5) is 0 Å². The summed E-state index contributed by atoms with van der Waals surface area (Å²) in [6, 6.07) is 22.1. The molecule has 2 heteroatoms. The second-order valence-corrected chi connectivity index (χ2v) is 16.0. The van der Waals surface area contributed by atoms with Crippen LogP contribution in [0.25, 0.3) is 0 Å². The maximum absolute atomic E-state index is 7.19. The normalized spacial score (nSPS) is 12.2. The fraction of sp³-hybridized carbons (Fsp3) is 0.680. The van der Waals surface area contributed by atoms with Crippen LogP contribution < -0.4 is 0 Å². The molecule has 0 saturated carbocycles. The Labute approximate surface area is 323 Å². The van der Waals surface area contributed by atoms with Crippen LogP contribution in [0.2, 0.25) is 0 Å². The molecule has 0 amide bonds. The summed E-state index contributed by atoms with van der Waals surface area (Å²) in [7, 11) is 0. The molecule has 0 aliphatic heterocycles. The van der Waals surface area contributed by atoms with Crippen molar-refractivity contribution in [2.45, 2.75) is 207 Å². The van der Waals surface area contributed by atoms with E-state index in [1.165, 1.54) is 164 Å². The zero-order chi connectivity index (χ0) is 37.4. The fourth-order valence-corrected chi connectivity index (χ4v) is 7.51. The second-order valence-electron chi connectivity index (χ2n) is 16.0. The summed E-state index contributed by atoms with van der Waals surface area (Å²) >= 11 is 0. The van der Waals surface area contributed by atoms with Crippen molar-refractivity contribution >= 4 is 0 Å². The second kappa shape index (κ2) is 31.2. The van der Waals surface area contributed by atoms with Gasteiger partial charge in [0.05, 0.1) is 13.2 Å². The first-order valence-corrected chi connectivity index (χ1v) is 22.1. The van der Waals surface area contributed by atoms with Crippen LogP contribution in [0.5, 0.6) is 0 Å². The maximum atomic E-state index is 7.19. The Morgan fingerprint density at radius 2 is 0.865 bits per heavy atom. The van der Waals surface area contributed by atoms with Gasteiger partial charge in [0, 0.05) is 11.5 Å². The lowest BCUT2D eigenvalue weighted by molar-refractivity contribution is -0.264. The van der Waals surface area contributed by atoms with Crippen LogP contribution in [-0.2, 0) is 15.3 Å². The van der Waals surface area contributed by atoms with Gasteiger partial charge in [-0.2, -0.15) is 0 Å². The molecule has 0 radical (unpaired) electrons. The van der Waals surface area contributed by atoms with E-state index in [1.54, 1.807) is 0 Å². The first-order valence-electron chi connectivity index (χ1n) is 22.1. The van der Waals surface area contributed by atoms with Crippen molar-refractivity contribution in [1.29, 1.82) is 0 Å². The van der Waals surface area contributed by atoms with E-state index in [-0.39, 0.29) is 5.92 Å². The summed E-state index contributed by atoms with van der Waals surface area (Å²) in [5.74, 6) is -0.622. The molecule has 0 heterocycles. The lowest BCUT2D eigenvalue weighted by atomic mass is 9.81. The number of allylic oxidation sites excluding steroid dienone is 4. The van der Waals surface area contributed by atoms with Crippen molar-refractivity contribution in [3.8, 4) is 0 Å². The van der Waals surface area contributed by atoms with Gasteiger partial charge in [0.25, 0.3) is 0 Å². The number of unbranched alkanes of at least 4 members (excludes halogenated alkanes) is 21. The molecule has 1 unspecified atom stereocenters. The van der Waals surface area contributed by atoms with Gasteiger partial charge >= 0.3 is 0 Å². The third-order valence-electron chi connectivity index (χ3n) is 10.6.